The SMILES string of the molecule is CNC(=O)C(C)Oc1ccccc1[N+](=O)[O-]. The van der Waals surface area contributed by atoms with Gasteiger partial charge in [0.25, 0.3) is 5.91 Å². The van der Waals surface area contributed by atoms with Crippen LogP contribution in [-0.4, -0.2) is 24.0 Å². The van der Waals surface area contributed by atoms with E-state index < -0.39 is 11.0 Å². The third kappa shape index (κ3) is 2.69. The van der Waals surface area contributed by atoms with Crippen molar-refractivity contribution in [3.8, 4) is 5.75 Å². The van der Waals surface area contributed by atoms with Crippen LogP contribution in [0.5, 0.6) is 5.75 Å². The summed E-state index contributed by atoms with van der Waals surface area (Å²) >= 11 is 0. The molecular formula is C10H12N2O4. The van der Waals surface area contributed by atoms with Crippen LogP contribution < -0.4 is 10.1 Å². The second-order valence-corrected chi connectivity index (χ2v) is 3.10. The lowest BCUT2D eigenvalue weighted by Gasteiger charge is -2.12. The predicted molar refractivity (Wildman–Crippen MR) is 57.3 cm³/mol. The van der Waals surface area contributed by atoms with E-state index >= 15 is 0 Å². The van der Waals surface area contributed by atoms with Gasteiger partial charge < -0.3 is 10.1 Å². The number of carbonyl (C=O) groups is 1. The van der Waals surface area contributed by atoms with Gasteiger partial charge in [-0.05, 0) is 13.0 Å². The van der Waals surface area contributed by atoms with E-state index in [4.69, 9.17) is 4.74 Å². The lowest BCUT2D eigenvalue weighted by Crippen LogP contribution is -2.33. The molecular weight excluding hydrogens is 212 g/mol. The van der Waals surface area contributed by atoms with Gasteiger partial charge in [-0.25, -0.2) is 0 Å². The Kier molecular flexibility index (Phi) is 3.82. The van der Waals surface area contributed by atoms with Gasteiger partial charge in [0, 0.05) is 13.1 Å². The highest BCUT2D eigenvalue weighted by Crippen LogP contribution is 2.26. The van der Waals surface area contributed by atoms with Gasteiger partial charge in [-0.3, -0.25) is 14.9 Å². The predicted octanol–water partition coefficient (Wildman–Crippen LogP) is 1.11. The average molecular weight is 224 g/mol. The molecule has 16 heavy (non-hydrogen) atoms. The molecule has 0 aliphatic rings. The summed E-state index contributed by atoms with van der Waals surface area (Å²) < 4.78 is 5.21. The summed E-state index contributed by atoms with van der Waals surface area (Å²) in [5.74, 6) is -0.248. The number of likely N-dealkylation sites (N-methyl/N-ethyl adjacent to an activating group) is 1. The van der Waals surface area contributed by atoms with Crippen LogP contribution in [0.3, 0.4) is 0 Å². The van der Waals surface area contributed by atoms with Gasteiger partial charge in [-0.1, -0.05) is 12.1 Å². The number of amides is 1. The van der Waals surface area contributed by atoms with E-state index in [-0.39, 0.29) is 17.3 Å². The van der Waals surface area contributed by atoms with Gasteiger partial charge in [0.1, 0.15) is 0 Å². The highest BCUT2D eigenvalue weighted by atomic mass is 16.6. The number of benzene rings is 1. The normalized spacial score (nSPS) is 11.6. The van der Waals surface area contributed by atoms with Crippen molar-refractivity contribution >= 4 is 11.6 Å². The number of carbonyl (C=O) groups excluding carboxylic acids is 1. The van der Waals surface area contributed by atoms with E-state index in [1.165, 1.54) is 32.2 Å². The fourth-order valence-corrected chi connectivity index (χ4v) is 1.15. The van der Waals surface area contributed by atoms with E-state index in [9.17, 15) is 14.9 Å². The van der Waals surface area contributed by atoms with E-state index in [2.05, 4.69) is 5.32 Å². The van der Waals surface area contributed by atoms with E-state index in [0.29, 0.717) is 0 Å². The summed E-state index contributed by atoms with van der Waals surface area (Å²) in [6, 6.07) is 5.93. The standard InChI is InChI=1S/C10H12N2O4/c1-7(10(13)11-2)16-9-6-4-3-5-8(9)12(14)15/h3-7H,1-2H3,(H,11,13). The summed E-state index contributed by atoms with van der Waals surface area (Å²) in [5, 5.41) is 13.1. The molecule has 1 unspecified atom stereocenters. The number of nitrogens with zero attached hydrogens (tertiary/aromatic N) is 1. The zero-order valence-electron chi connectivity index (χ0n) is 8.97. The molecule has 6 nitrogen and oxygen atoms in total. The fraction of sp³-hybridized carbons (Fsp3) is 0.300. The first-order chi connectivity index (χ1) is 7.56. The van der Waals surface area contributed by atoms with Gasteiger partial charge in [-0.15, -0.1) is 0 Å². The van der Waals surface area contributed by atoms with Crippen LogP contribution in [-0.2, 0) is 4.79 Å². The maximum Gasteiger partial charge on any atom is 0.310 e. The topological polar surface area (TPSA) is 81.5 Å². The van der Waals surface area contributed by atoms with Crippen molar-refractivity contribution in [2.75, 3.05) is 7.05 Å². The van der Waals surface area contributed by atoms with Gasteiger partial charge >= 0.3 is 5.69 Å². The molecule has 0 aliphatic heterocycles. The largest absolute Gasteiger partial charge is 0.474 e. The first kappa shape index (κ1) is 12.0. The number of ether oxygens (including phenoxy) is 1. The van der Waals surface area contributed by atoms with Gasteiger partial charge in [0.2, 0.25) is 0 Å². The molecule has 0 aliphatic carbocycles. The Hall–Kier alpha value is -2.11. The number of para-hydroxylation sites is 2. The summed E-state index contributed by atoms with van der Waals surface area (Å²) in [6.45, 7) is 1.52. The highest BCUT2D eigenvalue weighted by molar-refractivity contribution is 5.80. The van der Waals surface area contributed by atoms with Crippen LogP contribution in [0, 0.1) is 10.1 Å². The van der Waals surface area contributed by atoms with E-state index in [1.54, 1.807) is 6.07 Å². The van der Waals surface area contributed by atoms with Gasteiger partial charge in [0.15, 0.2) is 11.9 Å². The first-order valence-electron chi connectivity index (χ1n) is 4.68. The van der Waals surface area contributed by atoms with Gasteiger partial charge in [-0.2, -0.15) is 0 Å². The summed E-state index contributed by atoms with van der Waals surface area (Å²) in [7, 11) is 1.47. The lowest BCUT2D eigenvalue weighted by molar-refractivity contribution is -0.386. The van der Waals surface area contributed by atoms with Crippen molar-refractivity contribution in [3.05, 3.63) is 34.4 Å². The number of rotatable bonds is 4. The molecule has 0 radical (unpaired) electrons. The second kappa shape index (κ2) is 5.11. The number of nitro benzene ring substituents is 1. The van der Waals surface area contributed by atoms with Crippen molar-refractivity contribution in [3.63, 3.8) is 0 Å². The quantitative estimate of drug-likeness (QED) is 0.613. The lowest BCUT2D eigenvalue weighted by atomic mass is 10.3. The molecule has 0 heterocycles. The maximum atomic E-state index is 11.2. The first-order valence-corrected chi connectivity index (χ1v) is 4.68. The molecule has 1 atom stereocenters. The smallest absolute Gasteiger partial charge is 0.310 e. The fourth-order valence-electron chi connectivity index (χ4n) is 1.15. The molecule has 1 rings (SSSR count). The zero-order valence-corrected chi connectivity index (χ0v) is 8.97. The van der Waals surface area contributed by atoms with Crippen LogP contribution in [0.15, 0.2) is 24.3 Å². The number of hydrogen-bond acceptors (Lipinski definition) is 4. The highest BCUT2D eigenvalue weighted by Gasteiger charge is 2.19. The minimum Gasteiger partial charge on any atom is -0.474 e. The molecule has 0 spiro atoms. The minimum atomic E-state index is -0.772. The third-order valence-corrected chi connectivity index (χ3v) is 1.98. The van der Waals surface area contributed by atoms with Crippen LogP contribution >= 0.6 is 0 Å². The van der Waals surface area contributed by atoms with Crippen LogP contribution in [0.25, 0.3) is 0 Å². The minimum absolute atomic E-state index is 0.0867. The molecule has 1 amide bonds. The molecule has 6 heteroatoms. The molecule has 0 fully saturated rings. The van der Waals surface area contributed by atoms with Crippen molar-refractivity contribution in [1.29, 1.82) is 0 Å². The monoisotopic (exact) mass is 224 g/mol. The zero-order chi connectivity index (χ0) is 12.1. The Morgan fingerprint density at radius 3 is 2.69 bits per heavy atom. The molecule has 1 N–H and O–H groups in total. The third-order valence-electron chi connectivity index (χ3n) is 1.98. The molecule has 86 valence electrons. The average Bonchev–Trinajstić information content (AvgIpc) is 2.28. The van der Waals surface area contributed by atoms with Crippen molar-refractivity contribution in [1.82, 2.24) is 5.32 Å². The van der Waals surface area contributed by atoms with Crippen molar-refractivity contribution in [2.24, 2.45) is 0 Å². The maximum absolute atomic E-state index is 11.2. The van der Waals surface area contributed by atoms with Gasteiger partial charge in [0.05, 0.1) is 4.92 Å². The Morgan fingerprint density at radius 1 is 1.50 bits per heavy atom. The molecule has 0 saturated carbocycles. The Labute approximate surface area is 92.4 Å². The Morgan fingerprint density at radius 2 is 2.12 bits per heavy atom. The van der Waals surface area contributed by atoms with E-state index in [0.717, 1.165) is 0 Å². The van der Waals surface area contributed by atoms with E-state index in [1.807, 2.05) is 0 Å². The van der Waals surface area contributed by atoms with Crippen LogP contribution in [0.1, 0.15) is 6.92 Å². The summed E-state index contributed by atoms with van der Waals surface area (Å²) in [4.78, 5) is 21.3. The summed E-state index contributed by atoms with van der Waals surface area (Å²) in [5.41, 5.74) is -0.154. The molecule has 1 aromatic carbocycles. The molecule has 1 aromatic rings. The summed E-state index contributed by atoms with van der Waals surface area (Å²) in [6.07, 6.45) is -0.772. The molecule has 0 aromatic heterocycles. The number of hydrogen-bond donors (Lipinski definition) is 1. The Bertz CT molecular complexity index is 406. The number of nitro groups is 1. The second-order valence-electron chi connectivity index (χ2n) is 3.10. The van der Waals surface area contributed by atoms with Crippen molar-refractivity contribution in [2.45, 2.75) is 13.0 Å². The molecule has 0 bridgehead atoms. The van der Waals surface area contributed by atoms with Crippen LogP contribution in [0.2, 0.25) is 0 Å². The van der Waals surface area contributed by atoms with Crippen molar-refractivity contribution < 1.29 is 14.5 Å². The van der Waals surface area contributed by atoms with Crippen LogP contribution in [0.4, 0.5) is 5.69 Å². The Balaban J connectivity index is 2.88. The number of nitrogens with one attached hydrogen (secondary N) is 1. The molecule has 0 saturated heterocycles.